The molecular formula is C13H25F3N3O6-. The minimum absolute atomic E-state index is 0.288. The van der Waals surface area contributed by atoms with Gasteiger partial charge in [-0.3, -0.25) is 16.0 Å². The summed E-state index contributed by atoms with van der Waals surface area (Å²) in [6.07, 6.45) is -5.76. The third-order valence-corrected chi connectivity index (χ3v) is 3.44. The Bertz CT molecular complexity index is 371. The number of alkyl halides is 3. The number of carbonyl (C=O) groups is 1. The van der Waals surface area contributed by atoms with Crippen LogP contribution in [0.5, 0.6) is 0 Å². The van der Waals surface area contributed by atoms with Gasteiger partial charge in [-0.1, -0.05) is 13.3 Å². The van der Waals surface area contributed by atoms with Crippen molar-refractivity contribution in [3.63, 3.8) is 0 Å². The Morgan fingerprint density at radius 1 is 1.12 bits per heavy atom. The van der Waals surface area contributed by atoms with Gasteiger partial charge in [0.2, 0.25) is 0 Å². The largest absolute Gasteiger partial charge is 0.542 e. The molecule has 5 atom stereocenters. The zero-order chi connectivity index (χ0) is 19.6. The van der Waals surface area contributed by atoms with Gasteiger partial charge in [0.15, 0.2) is 0 Å². The number of nitrogens with one attached hydrogen (secondary N) is 3. The van der Waals surface area contributed by atoms with Crippen molar-refractivity contribution in [3.8, 4) is 0 Å². The first kappa shape index (κ1) is 24.0. The summed E-state index contributed by atoms with van der Waals surface area (Å²) in [5, 5.41) is 56.0. The maximum atomic E-state index is 10.5. The molecule has 0 saturated carbocycles. The third-order valence-electron chi connectivity index (χ3n) is 3.44. The number of unbranched alkanes of at least 4 members (excludes halogenated alkanes) is 1. The highest BCUT2D eigenvalue weighted by molar-refractivity contribution is 5.70. The summed E-state index contributed by atoms with van der Waals surface area (Å²) in [6, 6.07) is -1.27. The molecule has 25 heavy (non-hydrogen) atoms. The average Bonchev–Trinajstić information content (AvgIpc) is 2.65. The predicted molar refractivity (Wildman–Crippen MR) is 77.8 cm³/mol. The summed E-state index contributed by atoms with van der Waals surface area (Å²) in [5.74, 6) is -3.01. The standard InChI is InChI=1S/C11H25N3O4.C2HF3O2/c1-2-3-4-12-11-13-7(5-15)9(17)10(18)8(6-16)14-11;3-2(4,5)1(6)7/h7-18H,2-6H2,1H3;(H,6,7)/p-1/t7-,8+,9+,10?,11?;/m1./s1. The van der Waals surface area contributed by atoms with Gasteiger partial charge < -0.3 is 30.3 Å². The van der Waals surface area contributed by atoms with Crippen molar-refractivity contribution in [2.75, 3.05) is 19.8 Å². The highest BCUT2D eigenvalue weighted by Gasteiger charge is 2.37. The van der Waals surface area contributed by atoms with Crippen LogP contribution in [0.15, 0.2) is 0 Å². The molecule has 0 radical (unpaired) electrons. The van der Waals surface area contributed by atoms with Crippen LogP contribution in [0, 0.1) is 0 Å². The fraction of sp³-hybridized carbons (Fsp3) is 0.923. The number of halogens is 3. The van der Waals surface area contributed by atoms with Crippen molar-refractivity contribution in [2.45, 2.75) is 56.5 Å². The quantitative estimate of drug-likeness (QED) is 0.235. The maximum absolute atomic E-state index is 10.5. The minimum atomic E-state index is -5.19. The van der Waals surface area contributed by atoms with E-state index in [2.05, 4.69) is 22.9 Å². The summed E-state index contributed by atoms with van der Waals surface area (Å²) < 4.78 is 31.5. The van der Waals surface area contributed by atoms with Crippen LogP contribution in [0.1, 0.15) is 19.8 Å². The van der Waals surface area contributed by atoms with Crippen LogP contribution >= 0.6 is 0 Å². The highest BCUT2D eigenvalue weighted by atomic mass is 19.4. The summed E-state index contributed by atoms with van der Waals surface area (Å²) in [4.78, 5) is 8.78. The maximum Gasteiger partial charge on any atom is 0.430 e. The van der Waals surface area contributed by atoms with E-state index in [0.29, 0.717) is 0 Å². The van der Waals surface area contributed by atoms with Crippen LogP contribution in [0.25, 0.3) is 0 Å². The molecule has 0 aromatic heterocycles. The number of aliphatic hydroxyl groups excluding tert-OH is 4. The lowest BCUT2D eigenvalue weighted by molar-refractivity contribution is -0.344. The molecule has 1 rings (SSSR count). The van der Waals surface area contributed by atoms with Crippen LogP contribution in [-0.4, -0.2) is 82.9 Å². The first-order chi connectivity index (χ1) is 11.6. The Kier molecular flexibility index (Phi) is 11.1. The van der Waals surface area contributed by atoms with Crippen LogP contribution in [0.4, 0.5) is 13.2 Å². The van der Waals surface area contributed by atoms with Crippen LogP contribution in [-0.2, 0) is 4.79 Å². The van der Waals surface area contributed by atoms with Gasteiger partial charge in [-0.2, -0.15) is 13.2 Å². The van der Waals surface area contributed by atoms with Crippen LogP contribution in [0.3, 0.4) is 0 Å². The first-order valence-electron chi connectivity index (χ1n) is 7.69. The molecule has 1 aliphatic heterocycles. The lowest BCUT2D eigenvalue weighted by Gasteiger charge is -2.25. The van der Waals surface area contributed by atoms with Crippen molar-refractivity contribution < 1.29 is 43.5 Å². The number of carboxylic acid groups (broad SMARTS) is 1. The molecule has 1 fully saturated rings. The third kappa shape index (κ3) is 8.76. The van der Waals surface area contributed by atoms with E-state index < -0.39 is 36.4 Å². The van der Waals surface area contributed by atoms with Gasteiger partial charge in [0.25, 0.3) is 0 Å². The molecule has 1 aliphatic rings. The second kappa shape index (κ2) is 11.6. The molecule has 1 heterocycles. The van der Waals surface area contributed by atoms with E-state index in [0.717, 1.165) is 19.4 Å². The number of carboxylic acids is 1. The first-order valence-corrected chi connectivity index (χ1v) is 7.69. The van der Waals surface area contributed by atoms with Gasteiger partial charge >= 0.3 is 6.18 Å². The Morgan fingerprint density at radius 2 is 1.52 bits per heavy atom. The highest BCUT2D eigenvalue weighted by Crippen LogP contribution is 2.11. The lowest BCUT2D eigenvalue weighted by Crippen LogP contribution is -2.58. The fourth-order valence-electron chi connectivity index (χ4n) is 2.01. The van der Waals surface area contributed by atoms with Gasteiger partial charge in [0, 0.05) is 0 Å². The molecule has 2 unspecified atom stereocenters. The normalized spacial score (nSPS) is 30.2. The van der Waals surface area contributed by atoms with E-state index in [4.69, 9.17) is 9.90 Å². The minimum Gasteiger partial charge on any atom is -0.542 e. The molecule has 0 spiro atoms. The fourth-order valence-corrected chi connectivity index (χ4v) is 2.01. The smallest absolute Gasteiger partial charge is 0.430 e. The molecule has 9 nitrogen and oxygen atoms in total. The molecule has 0 amide bonds. The number of hydrogen-bond acceptors (Lipinski definition) is 9. The summed E-state index contributed by atoms with van der Waals surface area (Å²) in [6.45, 7) is 2.27. The van der Waals surface area contributed by atoms with Gasteiger partial charge in [0.05, 0.1) is 37.5 Å². The van der Waals surface area contributed by atoms with Gasteiger partial charge in [0.1, 0.15) is 12.3 Å². The molecular weight excluding hydrogens is 351 g/mol. The molecule has 0 aromatic carbocycles. The molecule has 0 bridgehead atoms. The van der Waals surface area contributed by atoms with E-state index in [1.807, 2.05) is 0 Å². The van der Waals surface area contributed by atoms with Gasteiger partial charge in [-0.25, -0.2) is 0 Å². The van der Waals surface area contributed by atoms with E-state index >= 15 is 0 Å². The van der Waals surface area contributed by atoms with Gasteiger partial charge in [-0.05, 0) is 13.0 Å². The van der Waals surface area contributed by atoms with E-state index in [-0.39, 0.29) is 19.5 Å². The molecule has 7 N–H and O–H groups in total. The number of aliphatic hydroxyl groups is 4. The van der Waals surface area contributed by atoms with Crippen LogP contribution in [0.2, 0.25) is 0 Å². The molecule has 150 valence electrons. The van der Waals surface area contributed by atoms with Gasteiger partial charge in [-0.15, -0.1) is 0 Å². The predicted octanol–water partition coefficient (Wildman–Crippen LogP) is -3.41. The van der Waals surface area contributed by atoms with Crippen LogP contribution < -0.4 is 21.1 Å². The average molecular weight is 376 g/mol. The van der Waals surface area contributed by atoms with Crippen molar-refractivity contribution in [2.24, 2.45) is 0 Å². The monoisotopic (exact) mass is 376 g/mol. The lowest BCUT2D eigenvalue weighted by atomic mass is 10.0. The molecule has 12 heteroatoms. The molecule has 1 saturated heterocycles. The number of aliphatic carboxylic acids is 1. The number of carbonyl (C=O) groups excluding carboxylic acids is 1. The second-order valence-corrected chi connectivity index (χ2v) is 5.42. The number of rotatable bonds is 6. The van der Waals surface area contributed by atoms with E-state index in [1.54, 1.807) is 0 Å². The zero-order valence-electron chi connectivity index (χ0n) is 13.7. The van der Waals surface area contributed by atoms with Crippen molar-refractivity contribution in [1.82, 2.24) is 16.0 Å². The summed E-state index contributed by atoms with van der Waals surface area (Å²) in [7, 11) is 0. The number of hydrogen-bond donors (Lipinski definition) is 7. The Labute approximate surface area is 142 Å². The van der Waals surface area contributed by atoms with Crippen molar-refractivity contribution in [3.05, 3.63) is 0 Å². The van der Waals surface area contributed by atoms with Crippen molar-refractivity contribution in [1.29, 1.82) is 0 Å². The second-order valence-electron chi connectivity index (χ2n) is 5.42. The Balaban J connectivity index is 0.000000697. The Hall–Kier alpha value is -1.02. The van der Waals surface area contributed by atoms with E-state index in [9.17, 15) is 33.6 Å². The zero-order valence-corrected chi connectivity index (χ0v) is 13.7. The Morgan fingerprint density at radius 3 is 1.80 bits per heavy atom. The molecule has 0 aromatic rings. The van der Waals surface area contributed by atoms with E-state index in [1.165, 1.54) is 0 Å². The molecule has 0 aliphatic carbocycles. The topological polar surface area (TPSA) is 157 Å². The summed E-state index contributed by atoms with van der Waals surface area (Å²) in [5.41, 5.74) is 0. The SMILES string of the molecule is CCCCNC1N[C@@H](CO)C(O)[C@@H](O)[C@@H](CO)N1.O=C([O-])C(F)(F)F. The summed E-state index contributed by atoms with van der Waals surface area (Å²) >= 11 is 0. The van der Waals surface area contributed by atoms with Crippen molar-refractivity contribution >= 4 is 5.97 Å².